The Hall–Kier alpha value is -2.58. The van der Waals surface area contributed by atoms with Crippen molar-refractivity contribution in [2.45, 2.75) is 18.2 Å². The van der Waals surface area contributed by atoms with Gasteiger partial charge in [-0.15, -0.1) is 0 Å². The van der Waals surface area contributed by atoms with Crippen molar-refractivity contribution in [2.24, 2.45) is 5.73 Å². The zero-order valence-electron chi connectivity index (χ0n) is 14.5. The number of benzene rings is 2. The molecule has 7 nitrogen and oxygen atoms in total. The van der Waals surface area contributed by atoms with E-state index in [9.17, 15) is 13.2 Å². The number of hydrogen-bond acceptors (Lipinski definition) is 6. The lowest BCUT2D eigenvalue weighted by atomic mass is 10.1. The van der Waals surface area contributed by atoms with Crippen molar-refractivity contribution in [3.8, 4) is 5.75 Å². The van der Waals surface area contributed by atoms with Gasteiger partial charge in [-0.1, -0.05) is 12.1 Å². The molecule has 0 unspecified atom stereocenters. The summed E-state index contributed by atoms with van der Waals surface area (Å²) in [6, 6.07) is 12.8. The number of rotatable bonds is 9. The highest BCUT2D eigenvalue weighted by molar-refractivity contribution is 7.92. The Bertz CT molecular complexity index is 818. The maximum absolute atomic E-state index is 12.4. The first-order chi connectivity index (χ1) is 12.4. The zero-order valence-corrected chi connectivity index (χ0v) is 15.3. The Labute approximate surface area is 153 Å². The van der Waals surface area contributed by atoms with E-state index in [2.05, 4.69) is 4.72 Å². The van der Waals surface area contributed by atoms with E-state index in [1.807, 2.05) is 12.1 Å². The Morgan fingerprint density at radius 3 is 2.31 bits per heavy atom. The number of nitrogens with one attached hydrogen (secondary N) is 1. The van der Waals surface area contributed by atoms with Crippen molar-refractivity contribution in [2.75, 3.05) is 24.5 Å². The molecular formula is C18H22N2O5S. The van der Waals surface area contributed by atoms with Crippen LogP contribution < -0.4 is 15.2 Å². The van der Waals surface area contributed by atoms with Crippen molar-refractivity contribution in [3.63, 3.8) is 0 Å². The van der Waals surface area contributed by atoms with E-state index >= 15 is 0 Å². The van der Waals surface area contributed by atoms with Crippen LogP contribution in [-0.2, 0) is 26.0 Å². The van der Waals surface area contributed by atoms with Gasteiger partial charge >= 0.3 is 5.97 Å². The average molecular weight is 378 g/mol. The van der Waals surface area contributed by atoms with Gasteiger partial charge in [0.25, 0.3) is 10.0 Å². The molecule has 3 N–H and O–H groups in total. The van der Waals surface area contributed by atoms with Crippen LogP contribution in [0.4, 0.5) is 5.69 Å². The summed E-state index contributed by atoms with van der Waals surface area (Å²) in [6.45, 7) is 2.29. The van der Waals surface area contributed by atoms with E-state index in [1.165, 1.54) is 24.3 Å². The van der Waals surface area contributed by atoms with Crippen molar-refractivity contribution in [1.82, 2.24) is 0 Å². The number of sulfonamides is 1. The molecule has 0 aliphatic carbocycles. The van der Waals surface area contributed by atoms with E-state index in [-0.39, 0.29) is 18.1 Å². The van der Waals surface area contributed by atoms with Gasteiger partial charge in [-0.05, 0) is 61.9 Å². The third-order valence-corrected chi connectivity index (χ3v) is 4.83. The summed E-state index contributed by atoms with van der Waals surface area (Å²) >= 11 is 0. The number of ether oxygens (including phenoxy) is 2. The molecule has 2 aromatic rings. The molecule has 0 saturated heterocycles. The van der Waals surface area contributed by atoms with Gasteiger partial charge in [0, 0.05) is 5.69 Å². The van der Waals surface area contributed by atoms with Gasteiger partial charge in [0.2, 0.25) is 0 Å². The molecular weight excluding hydrogens is 356 g/mol. The highest BCUT2D eigenvalue weighted by atomic mass is 32.2. The van der Waals surface area contributed by atoms with Crippen LogP contribution in [0.2, 0.25) is 0 Å². The predicted molar refractivity (Wildman–Crippen MR) is 98.6 cm³/mol. The number of anilines is 1. The van der Waals surface area contributed by atoms with Crippen LogP contribution in [0.3, 0.4) is 0 Å². The molecule has 0 bridgehead atoms. The first-order valence-corrected chi connectivity index (χ1v) is 9.63. The monoisotopic (exact) mass is 378 g/mol. The summed E-state index contributed by atoms with van der Waals surface area (Å²) < 4.78 is 37.4. The molecule has 0 atom stereocenters. The molecule has 0 aromatic heterocycles. The molecule has 8 heteroatoms. The first kappa shape index (κ1) is 19.7. The minimum atomic E-state index is -3.72. The highest BCUT2D eigenvalue weighted by Gasteiger charge is 2.14. The molecule has 0 heterocycles. The van der Waals surface area contributed by atoms with E-state index in [4.69, 9.17) is 15.2 Å². The minimum absolute atomic E-state index is 0.0898. The molecule has 0 aliphatic heterocycles. The molecule has 0 fully saturated rings. The number of hydrogen-bond donors (Lipinski definition) is 2. The van der Waals surface area contributed by atoms with Crippen LogP contribution in [0.1, 0.15) is 12.5 Å². The van der Waals surface area contributed by atoms with Crippen LogP contribution in [0.5, 0.6) is 5.75 Å². The molecule has 2 rings (SSSR count). The number of esters is 1. The smallest absolute Gasteiger partial charge is 0.344 e. The number of nitrogens with two attached hydrogens (primary N) is 1. The van der Waals surface area contributed by atoms with Crippen LogP contribution in [0, 0.1) is 0 Å². The molecule has 0 amide bonds. The van der Waals surface area contributed by atoms with Gasteiger partial charge in [0.15, 0.2) is 6.61 Å². The van der Waals surface area contributed by atoms with Crippen molar-refractivity contribution in [1.29, 1.82) is 0 Å². The van der Waals surface area contributed by atoms with Gasteiger partial charge in [-0.2, -0.15) is 0 Å². The Morgan fingerprint density at radius 1 is 1.08 bits per heavy atom. The largest absolute Gasteiger partial charge is 0.482 e. The molecule has 0 spiro atoms. The SMILES string of the molecule is CCOC(=O)COc1ccc(S(=O)(=O)Nc2ccc(CCN)cc2)cc1. The Morgan fingerprint density at radius 2 is 1.73 bits per heavy atom. The second-order valence-corrected chi connectivity index (χ2v) is 7.09. The van der Waals surface area contributed by atoms with Gasteiger partial charge in [0.1, 0.15) is 5.75 Å². The lowest BCUT2D eigenvalue weighted by Gasteiger charge is -2.10. The van der Waals surface area contributed by atoms with Crippen LogP contribution in [-0.4, -0.2) is 34.1 Å². The predicted octanol–water partition coefficient (Wildman–Crippen LogP) is 1.93. The fraction of sp³-hybridized carbons (Fsp3) is 0.278. The second kappa shape index (κ2) is 9.21. The standard InChI is InChI=1S/C18H22N2O5S/c1-2-24-18(21)13-25-16-7-9-17(10-8-16)26(22,23)20-15-5-3-14(4-6-15)11-12-19/h3-10,20H,2,11-13,19H2,1H3. The molecule has 2 aromatic carbocycles. The van der Waals surface area contributed by atoms with Crippen molar-refractivity contribution < 1.29 is 22.7 Å². The van der Waals surface area contributed by atoms with E-state index < -0.39 is 16.0 Å². The third-order valence-electron chi connectivity index (χ3n) is 3.44. The van der Waals surface area contributed by atoms with E-state index in [0.29, 0.717) is 18.0 Å². The fourth-order valence-corrected chi connectivity index (χ4v) is 3.24. The first-order valence-electron chi connectivity index (χ1n) is 8.15. The summed E-state index contributed by atoms with van der Waals surface area (Å²) in [4.78, 5) is 11.3. The van der Waals surface area contributed by atoms with E-state index in [1.54, 1.807) is 19.1 Å². The van der Waals surface area contributed by atoms with Crippen LogP contribution in [0.15, 0.2) is 53.4 Å². The number of carbonyl (C=O) groups excluding carboxylic acids is 1. The highest BCUT2D eigenvalue weighted by Crippen LogP contribution is 2.20. The normalized spacial score (nSPS) is 11.0. The summed E-state index contributed by atoms with van der Waals surface area (Å²) in [5, 5.41) is 0. The lowest BCUT2D eigenvalue weighted by molar-refractivity contribution is -0.145. The maximum atomic E-state index is 12.4. The topological polar surface area (TPSA) is 108 Å². The summed E-state index contributed by atoms with van der Waals surface area (Å²) in [6.07, 6.45) is 0.736. The molecule has 140 valence electrons. The summed E-state index contributed by atoms with van der Waals surface area (Å²) in [5.41, 5.74) is 7.00. The summed E-state index contributed by atoms with van der Waals surface area (Å²) in [5.74, 6) is -0.105. The Kier molecular flexibility index (Phi) is 6.99. The summed E-state index contributed by atoms with van der Waals surface area (Å²) in [7, 11) is -3.72. The van der Waals surface area contributed by atoms with Crippen molar-refractivity contribution in [3.05, 3.63) is 54.1 Å². The fourth-order valence-electron chi connectivity index (χ4n) is 2.18. The van der Waals surface area contributed by atoms with E-state index in [0.717, 1.165) is 12.0 Å². The van der Waals surface area contributed by atoms with Crippen LogP contribution >= 0.6 is 0 Å². The van der Waals surface area contributed by atoms with Gasteiger partial charge in [-0.25, -0.2) is 13.2 Å². The van der Waals surface area contributed by atoms with Crippen LogP contribution in [0.25, 0.3) is 0 Å². The second-order valence-electron chi connectivity index (χ2n) is 5.41. The molecule has 0 aliphatic rings. The lowest BCUT2D eigenvalue weighted by Crippen LogP contribution is -2.15. The van der Waals surface area contributed by atoms with Gasteiger partial charge < -0.3 is 15.2 Å². The van der Waals surface area contributed by atoms with Crippen molar-refractivity contribution >= 4 is 21.7 Å². The molecule has 0 saturated carbocycles. The molecule has 0 radical (unpaired) electrons. The Balaban J connectivity index is 2.01. The third kappa shape index (κ3) is 5.75. The molecule has 26 heavy (non-hydrogen) atoms. The number of carbonyl (C=O) groups is 1. The van der Waals surface area contributed by atoms with Gasteiger partial charge in [0.05, 0.1) is 11.5 Å². The van der Waals surface area contributed by atoms with Gasteiger partial charge in [-0.3, -0.25) is 4.72 Å². The minimum Gasteiger partial charge on any atom is -0.482 e. The average Bonchev–Trinajstić information content (AvgIpc) is 2.62. The quantitative estimate of drug-likeness (QED) is 0.646. The zero-order chi connectivity index (χ0) is 19.0. The maximum Gasteiger partial charge on any atom is 0.344 e.